The first-order chi connectivity index (χ1) is 6.48. The first kappa shape index (κ1) is 14.3. The molecular weight excluding hydrogens is 186 g/mol. The van der Waals surface area contributed by atoms with Crippen LogP contribution in [0.3, 0.4) is 0 Å². The molecule has 0 aromatic rings. The van der Waals surface area contributed by atoms with Crippen LogP contribution < -0.4 is 11.5 Å². The lowest BCUT2D eigenvalue weighted by atomic mass is 9.57. The normalized spacial score (nSPS) is 17.0. The first-order valence-electron chi connectivity index (χ1n) is 5.59. The van der Waals surface area contributed by atoms with E-state index < -0.39 is 0 Å². The van der Waals surface area contributed by atoms with Crippen LogP contribution in [0.15, 0.2) is 4.99 Å². The molecule has 0 fully saturated rings. The lowest BCUT2D eigenvalue weighted by Gasteiger charge is -2.50. The van der Waals surface area contributed by atoms with E-state index >= 15 is 0 Å². The summed E-state index contributed by atoms with van der Waals surface area (Å²) in [6.45, 7) is 15.3. The van der Waals surface area contributed by atoms with Crippen molar-refractivity contribution in [3.63, 3.8) is 0 Å². The van der Waals surface area contributed by atoms with Crippen LogP contribution in [0.5, 0.6) is 0 Å². The standard InChI is InChI=1S/C12H27N3/c1-8-12(7,10(2,3)4)11(5,6)15-9(13)14/h8H2,1-7H3,(H4,13,14,15). The average Bonchev–Trinajstić information content (AvgIpc) is 1.97. The van der Waals surface area contributed by atoms with Crippen molar-refractivity contribution in [1.82, 2.24) is 0 Å². The third-order valence-corrected chi connectivity index (χ3v) is 4.12. The van der Waals surface area contributed by atoms with Gasteiger partial charge in [-0.25, -0.2) is 4.99 Å². The van der Waals surface area contributed by atoms with Gasteiger partial charge in [-0.1, -0.05) is 34.6 Å². The molecule has 90 valence electrons. The van der Waals surface area contributed by atoms with Gasteiger partial charge in [0.15, 0.2) is 5.96 Å². The fourth-order valence-electron chi connectivity index (χ4n) is 2.33. The quantitative estimate of drug-likeness (QED) is 0.559. The van der Waals surface area contributed by atoms with Gasteiger partial charge < -0.3 is 11.5 Å². The van der Waals surface area contributed by atoms with Crippen molar-refractivity contribution in [2.75, 3.05) is 0 Å². The summed E-state index contributed by atoms with van der Waals surface area (Å²) < 4.78 is 0. The molecule has 0 aliphatic heterocycles. The number of nitrogens with zero attached hydrogens (tertiary/aromatic N) is 1. The maximum Gasteiger partial charge on any atom is 0.186 e. The molecule has 0 saturated carbocycles. The highest BCUT2D eigenvalue weighted by molar-refractivity contribution is 5.76. The average molecular weight is 213 g/mol. The van der Waals surface area contributed by atoms with E-state index in [-0.39, 0.29) is 22.3 Å². The minimum atomic E-state index is -0.251. The second-order valence-electron chi connectivity index (χ2n) is 6.03. The zero-order chi connectivity index (χ0) is 12.5. The summed E-state index contributed by atoms with van der Waals surface area (Å²) in [5.74, 6) is 0.170. The van der Waals surface area contributed by atoms with Gasteiger partial charge in [0, 0.05) is 0 Å². The second kappa shape index (κ2) is 4.03. The third kappa shape index (κ3) is 2.64. The van der Waals surface area contributed by atoms with E-state index in [0.717, 1.165) is 6.42 Å². The Balaban J connectivity index is 5.39. The molecule has 0 aromatic carbocycles. The Morgan fingerprint density at radius 2 is 1.40 bits per heavy atom. The minimum absolute atomic E-state index is 0.0595. The maximum absolute atomic E-state index is 5.50. The molecule has 3 nitrogen and oxygen atoms in total. The van der Waals surface area contributed by atoms with Crippen molar-refractivity contribution < 1.29 is 0 Å². The molecule has 0 aliphatic rings. The van der Waals surface area contributed by atoms with Crippen molar-refractivity contribution in [1.29, 1.82) is 0 Å². The van der Waals surface area contributed by atoms with E-state index in [1.54, 1.807) is 0 Å². The maximum atomic E-state index is 5.50. The number of hydrogen-bond donors (Lipinski definition) is 2. The summed E-state index contributed by atoms with van der Waals surface area (Å²) in [5.41, 5.74) is 11.0. The topological polar surface area (TPSA) is 64.4 Å². The van der Waals surface area contributed by atoms with Gasteiger partial charge in [-0.2, -0.15) is 0 Å². The van der Waals surface area contributed by atoms with Gasteiger partial charge in [-0.3, -0.25) is 0 Å². The molecule has 0 radical (unpaired) electrons. The van der Waals surface area contributed by atoms with E-state index in [4.69, 9.17) is 11.5 Å². The molecule has 0 spiro atoms. The third-order valence-electron chi connectivity index (χ3n) is 4.12. The van der Waals surface area contributed by atoms with Crippen molar-refractivity contribution in [3.05, 3.63) is 0 Å². The van der Waals surface area contributed by atoms with Crippen molar-refractivity contribution in [3.8, 4) is 0 Å². The van der Waals surface area contributed by atoms with Gasteiger partial charge in [0.1, 0.15) is 0 Å². The molecule has 4 N–H and O–H groups in total. The molecule has 0 aliphatic carbocycles. The van der Waals surface area contributed by atoms with E-state index in [1.165, 1.54) is 0 Å². The Bertz CT molecular complexity index is 244. The summed E-state index contributed by atoms with van der Waals surface area (Å²) in [6.07, 6.45) is 1.04. The summed E-state index contributed by atoms with van der Waals surface area (Å²) in [7, 11) is 0. The number of hydrogen-bond acceptors (Lipinski definition) is 1. The fraction of sp³-hybridized carbons (Fsp3) is 0.917. The molecule has 1 unspecified atom stereocenters. The van der Waals surface area contributed by atoms with E-state index in [1.807, 2.05) is 0 Å². The number of guanidine groups is 1. The minimum Gasteiger partial charge on any atom is -0.370 e. The monoisotopic (exact) mass is 213 g/mol. The molecule has 0 aromatic heterocycles. The second-order valence-corrected chi connectivity index (χ2v) is 6.03. The van der Waals surface area contributed by atoms with Gasteiger partial charge in [-0.15, -0.1) is 0 Å². The van der Waals surface area contributed by atoms with Crippen LogP contribution in [0.4, 0.5) is 0 Å². The van der Waals surface area contributed by atoms with Crippen LogP contribution in [-0.2, 0) is 0 Å². The largest absolute Gasteiger partial charge is 0.370 e. The van der Waals surface area contributed by atoms with Crippen LogP contribution in [0.25, 0.3) is 0 Å². The van der Waals surface area contributed by atoms with Crippen LogP contribution in [0.2, 0.25) is 0 Å². The first-order valence-corrected chi connectivity index (χ1v) is 5.59. The van der Waals surface area contributed by atoms with Gasteiger partial charge >= 0.3 is 0 Å². The summed E-state index contributed by atoms with van der Waals surface area (Å²) in [6, 6.07) is 0. The molecule has 0 bridgehead atoms. The molecule has 0 amide bonds. The smallest absolute Gasteiger partial charge is 0.186 e. The Hall–Kier alpha value is -0.730. The molecule has 0 rings (SSSR count). The molecular formula is C12H27N3. The van der Waals surface area contributed by atoms with Gasteiger partial charge in [0.2, 0.25) is 0 Å². The van der Waals surface area contributed by atoms with Crippen molar-refractivity contribution in [2.45, 2.75) is 60.4 Å². The van der Waals surface area contributed by atoms with Gasteiger partial charge in [0.25, 0.3) is 0 Å². The molecule has 15 heavy (non-hydrogen) atoms. The predicted molar refractivity (Wildman–Crippen MR) is 67.7 cm³/mol. The Labute approximate surface area is 94.3 Å². The highest BCUT2D eigenvalue weighted by Crippen LogP contribution is 2.50. The number of rotatable bonds is 3. The lowest BCUT2D eigenvalue weighted by Crippen LogP contribution is -2.50. The zero-order valence-corrected chi connectivity index (χ0v) is 11.3. The molecule has 0 heterocycles. The summed E-state index contributed by atoms with van der Waals surface area (Å²) in [4.78, 5) is 4.39. The van der Waals surface area contributed by atoms with E-state index in [2.05, 4.69) is 53.5 Å². The van der Waals surface area contributed by atoms with Gasteiger partial charge in [-0.05, 0) is 31.1 Å². The SMILES string of the molecule is CCC(C)(C(C)(C)C)C(C)(C)N=C(N)N. The Morgan fingerprint density at radius 3 is 1.60 bits per heavy atom. The molecule has 3 heteroatoms. The Morgan fingerprint density at radius 1 is 1.00 bits per heavy atom. The summed E-state index contributed by atoms with van der Waals surface area (Å²) >= 11 is 0. The predicted octanol–water partition coefficient (Wildman–Crippen LogP) is 2.50. The van der Waals surface area contributed by atoms with E-state index in [0.29, 0.717) is 0 Å². The molecule has 1 atom stereocenters. The van der Waals surface area contributed by atoms with Crippen molar-refractivity contribution in [2.24, 2.45) is 27.3 Å². The van der Waals surface area contributed by atoms with Crippen LogP contribution in [-0.4, -0.2) is 11.5 Å². The van der Waals surface area contributed by atoms with Crippen LogP contribution >= 0.6 is 0 Å². The van der Waals surface area contributed by atoms with Crippen molar-refractivity contribution >= 4 is 5.96 Å². The van der Waals surface area contributed by atoms with Gasteiger partial charge in [0.05, 0.1) is 5.54 Å². The highest BCUT2D eigenvalue weighted by Gasteiger charge is 2.47. The Kier molecular flexibility index (Phi) is 3.83. The summed E-state index contributed by atoms with van der Waals surface area (Å²) in [5, 5.41) is 0. The number of nitrogens with two attached hydrogens (primary N) is 2. The molecule has 0 saturated heterocycles. The number of aliphatic imine (C=N–C) groups is 1. The zero-order valence-electron chi connectivity index (χ0n) is 11.3. The highest BCUT2D eigenvalue weighted by atomic mass is 15.0. The van der Waals surface area contributed by atoms with E-state index in [9.17, 15) is 0 Å². The van der Waals surface area contributed by atoms with Crippen LogP contribution in [0, 0.1) is 10.8 Å². The fourth-order valence-corrected chi connectivity index (χ4v) is 2.33. The van der Waals surface area contributed by atoms with Crippen LogP contribution in [0.1, 0.15) is 54.9 Å². The lowest BCUT2D eigenvalue weighted by molar-refractivity contribution is 0.0274.